The molecular weight excluding hydrogens is 214 g/mol. The fourth-order valence-electron chi connectivity index (χ4n) is 2.36. The minimum absolute atomic E-state index is 0.0623. The first-order chi connectivity index (χ1) is 8.15. The van der Waals surface area contributed by atoms with Gasteiger partial charge < -0.3 is 10.5 Å². The molecule has 0 bridgehead atoms. The number of hydrogen-bond acceptors (Lipinski definition) is 4. The average molecular weight is 243 g/mol. The predicted molar refractivity (Wildman–Crippen MR) is 71.7 cm³/mol. The summed E-state index contributed by atoms with van der Waals surface area (Å²) in [5.74, 6) is 0.715. The van der Waals surface area contributed by atoms with E-state index in [0.717, 1.165) is 39.1 Å². The molecule has 1 rings (SSSR count). The predicted octanol–water partition coefficient (Wildman–Crippen LogP) is 1.37. The van der Waals surface area contributed by atoms with Crippen LogP contribution >= 0.6 is 0 Å². The number of hydrazine groups is 1. The van der Waals surface area contributed by atoms with Gasteiger partial charge in [-0.15, -0.1) is 0 Å². The summed E-state index contributed by atoms with van der Waals surface area (Å²) in [5, 5.41) is 2.28. The molecule has 1 fully saturated rings. The van der Waals surface area contributed by atoms with Gasteiger partial charge in [-0.25, -0.2) is 10.4 Å². The summed E-state index contributed by atoms with van der Waals surface area (Å²) in [4.78, 5) is 0. The molecule has 4 nitrogen and oxygen atoms in total. The monoisotopic (exact) mass is 243 g/mol. The summed E-state index contributed by atoms with van der Waals surface area (Å²) in [7, 11) is 0. The molecular formula is C13H29N3O. The summed E-state index contributed by atoms with van der Waals surface area (Å²) in [6, 6.07) is 0. The Hall–Kier alpha value is -0.160. The second-order valence-electron chi connectivity index (χ2n) is 5.27. The van der Waals surface area contributed by atoms with Gasteiger partial charge in [0.05, 0.1) is 13.2 Å². The lowest BCUT2D eigenvalue weighted by Crippen LogP contribution is -2.60. The zero-order valence-corrected chi connectivity index (χ0v) is 11.7. The molecule has 2 atom stereocenters. The van der Waals surface area contributed by atoms with Gasteiger partial charge in [-0.3, -0.25) is 0 Å². The van der Waals surface area contributed by atoms with Gasteiger partial charge in [0.1, 0.15) is 0 Å². The topological polar surface area (TPSA) is 50.5 Å². The number of hydrogen-bond donors (Lipinski definition) is 2. The van der Waals surface area contributed by atoms with E-state index < -0.39 is 0 Å². The molecule has 102 valence electrons. The lowest BCUT2D eigenvalue weighted by atomic mass is 9.85. The molecule has 0 aromatic heterocycles. The van der Waals surface area contributed by atoms with Gasteiger partial charge in [-0.1, -0.05) is 27.2 Å². The van der Waals surface area contributed by atoms with Crippen molar-refractivity contribution in [2.45, 2.75) is 45.6 Å². The highest BCUT2D eigenvalue weighted by atomic mass is 16.5. The third-order valence-corrected chi connectivity index (χ3v) is 3.91. The van der Waals surface area contributed by atoms with Crippen molar-refractivity contribution < 1.29 is 4.74 Å². The molecule has 1 saturated heterocycles. The summed E-state index contributed by atoms with van der Waals surface area (Å²) in [6.45, 7) is 11.0. The van der Waals surface area contributed by atoms with Gasteiger partial charge in [0, 0.05) is 25.2 Å². The molecule has 0 aromatic rings. The standard InChI is InChI=1S/C13H29N3O/c1-4-12(3)10-13(5-2,11-14)15-16-6-8-17-9-7-16/h12,15H,4-11,14H2,1-3H3. The van der Waals surface area contributed by atoms with Crippen molar-refractivity contribution in [3.05, 3.63) is 0 Å². The molecule has 0 saturated carbocycles. The van der Waals surface area contributed by atoms with Crippen LogP contribution in [0.15, 0.2) is 0 Å². The SMILES string of the molecule is CCC(C)CC(CC)(CN)NN1CCOCC1. The van der Waals surface area contributed by atoms with Crippen LogP contribution in [0.4, 0.5) is 0 Å². The fourth-order valence-corrected chi connectivity index (χ4v) is 2.36. The second kappa shape index (κ2) is 7.31. The van der Waals surface area contributed by atoms with Crippen molar-refractivity contribution in [2.75, 3.05) is 32.8 Å². The number of morpholine rings is 1. The first-order valence-electron chi connectivity index (χ1n) is 6.96. The molecule has 0 aromatic carbocycles. The van der Waals surface area contributed by atoms with Crippen molar-refractivity contribution in [1.82, 2.24) is 10.4 Å². The van der Waals surface area contributed by atoms with E-state index in [4.69, 9.17) is 10.5 Å². The van der Waals surface area contributed by atoms with Crippen molar-refractivity contribution in [3.63, 3.8) is 0 Å². The van der Waals surface area contributed by atoms with Gasteiger partial charge in [-0.05, 0) is 18.8 Å². The molecule has 2 unspecified atom stereocenters. The van der Waals surface area contributed by atoms with Crippen LogP contribution in [-0.2, 0) is 4.74 Å². The maximum absolute atomic E-state index is 6.02. The molecule has 17 heavy (non-hydrogen) atoms. The van der Waals surface area contributed by atoms with Crippen LogP contribution in [0.5, 0.6) is 0 Å². The Kier molecular flexibility index (Phi) is 6.41. The third-order valence-electron chi connectivity index (χ3n) is 3.91. The highest BCUT2D eigenvalue weighted by Crippen LogP contribution is 2.22. The van der Waals surface area contributed by atoms with E-state index in [2.05, 4.69) is 31.2 Å². The number of nitrogens with one attached hydrogen (secondary N) is 1. The number of nitrogens with two attached hydrogens (primary N) is 1. The summed E-state index contributed by atoms with van der Waals surface area (Å²) in [5.41, 5.74) is 9.74. The van der Waals surface area contributed by atoms with Gasteiger partial charge in [0.2, 0.25) is 0 Å². The Morgan fingerprint density at radius 1 is 1.35 bits per heavy atom. The van der Waals surface area contributed by atoms with Crippen molar-refractivity contribution in [2.24, 2.45) is 11.7 Å². The van der Waals surface area contributed by atoms with Crippen molar-refractivity contribution in [3.8, 4) is 0 Å². The van der Waals surface area contributed by atoms with Crippen molar-refractivity contribution in [1.29, 1.82) is 0 Å². The van der Waals surface area contributed by atoms with E-state index >= 15 is 0 Å². The Balaban J connectivity index is 2.55. The summed E-state index contributed by atoms with van der Waals surface area (Å²) < 4.78 is 5.37. The molecule has 0 spiro atoms. The van der Waals surface area contributed by atoms with E-state index in [-0.39, 0.29) is 5.54 Å². The van der Waals surface area contributed by atoms with Crippen molar-refractivity contribution >= 4 is 0 Å². The highest BCUT2D eigenvalue weighted by molar-refractivity contribution is 4.88. The Morgan fingerprint density at radius 3 is 2.47 bits per heavy atom. The number of ether oxygens (including phenoxy) is 1. The largest absolute Gasteiger partial charge is 0.379 e. The zero-order valence-electron chi connectivity index (χ0n) is 11.7. The normalized spacial score (nSPS) is 23.3. The first-order valence-corrected chi connectivity index (χ1v) is 6.96. The first kappa shape index (κ1) is 14.9. The molecule has 1 aliphatic rings. The lowest BCUT2D eigenvalue weighted by molar-refractivity contribution is -0.0165. The minimum Gasteiger partial charge on any atom is -0.379 e. The average Bonchev–Trinajstić information content (AvgIpc) is 2.39. The molecule has 3 N–H and O–H groups in total. The molecule has 0 aliphatic carbocycles. The maximum Gasteiger partial charge on any atom is 0.0608 e. The van der Waals surface area contributed by atoms with Gasteiger partial charge >= 0.3 is 0 Å². The van der Waals surface area contributed by atoms with Crippen LogP contribution in [-0.4, -0.2) is 43.4 Å². The van der Waals surface area contributed by atoms with Gasteiger partial charge in [-0.2, -0.15) is 0 Å². The van der Waals surface area contributed by atoms with Crippen LogP contribution in [0.25, 0.3) is 0 Å². The van der Waals surface area contributed by atoms with Gasteiger partial charge in [0.25, 0.3) is 0 Å². The van der Waals surface area contributed by atoms with E-state index in [0.29, 0.717) is 12.5 Å². The highest BCUT2D eigenvalue weighted by Gasteiger charge is 2.30. The van der Waals surface area contributed by atoms with Crippen LogP contribution in [0.2, 0.25) is 0 Å². The minimum atomic E-state index is 0.0623. The van der Waals surface area contributed by atoms with E-state index in [1.54, 1.807) is 0 Å². The zero-order chi connectivity index (χ0) is 12.7. The van der Waals surface area contributed by atoms with Crippen LogP contribution < -0.4 is 11.2 Å². The quantitative estimate of drug-likeness (QED) is 0.709. The number of nitrogens with zero attached hydrogens (tertiary/aromatic N) is 1. The third kappa shape index (κ3) is 4.54. The Bertz CT molecular complexity index is 201. The molecule has 0 amide bonds. The van der Waals surface area contributed by atoms with Crippen LogP contribution in [0, 0.1) is 5.92 Å². The summed E-state index contributed by atoms with van der Waals surface area (Å²) >= 11 is 0. The second-order valence-corrected chi connectivity index (χ2v) is 5.27. The maximum atomic E-state index is 6.02. The molecule has 0 radical (unpaired) electrons. The Morgan fingerprint density at radius 2 is 2.00 bits per heavy atom. The molecule has 1 heterocycles. The lowest BCUT2D eigenvalue weighted by Gasteiger charge is -2.41. The van der Waals surface area contributed by atoms with E-state index in [1.165, 1.54) is 6.42 Å². The van der Waals surface area contributed by atoms with E-state index in [9.17, 15) is 0 Å². The van der Waals surface area contributed by atoms with E-state index in [1.807, 2.05) is 0 Å². The molecule has 4 heteroatoms. The van der Waals surface area contributed by atoms with Gasteiger partial charge in [0.15, 0.2) is 0 Å². The van der Waals surface area contributed by atoms with Crippen LogP contribution in [0.1, 0.15) is 40.0 Å². The summed E-state index contributed by atoms with van der Waals surface area (Å²) in [6.07, 6.45) is 3.44. The fraction of sp³-hybridized carbons (Fsp3) is 1.00. The number of rotatable bonds is 7. The van der Waals surface area contributed by atoms with Crippen LogP contribution in [0.3, 0.4) is 0 Å². The molecule has 1 aliphatic heterocycles. The smallest absolute Gasteiger partial charge is 0.0608 e. The Labute approximate surface area is 106 Å².